The van der Waals surface area contributed by atoms with Crippen molar-refractivity contribution in [3.63, 3.8) is 0 Å². The highest BCUT2D eigenvalue weighted by molar-refractivity contribution is 6.35. The van der Waals surface area contributed by atoms with Crippen molar-refractivity contribution in [1.82, 2.24) is 14.5 Å². The Morgan fingerprint density at radius 2 is 0.811 bits per heavy atom. The molecular weight excluding hydrogens is 643 g/mol. The Morgan fingerprint density at radius 3 is 1.55 bits per heavy atom. The average Bonchev–Trinajstić information content (AvgIpc) is 3.58. The minimum atomic E-state index is 0.885. The molecule has 0 radical (unpaired) electrons. The number of nitrogens with zero attached hydrogens (tertiary/aromatic N) is 3. The van der Waals surface area contributed by atoms with Crippen LogP contribution in [0.25, 0.3) is 104 Å². The highest BCUT2D eigenvalue weighted by Crippen LogP contribution is 2.45. The van der Waals surface area contributed by atoms with Crippen molar-refractivity contribution < 1.29 is 0 Å². The highest BCUT2D eigenvalue weighted by Gasteiger charge is 2.20. The van der Waals surface area contributed by atoms with Crippen LogP contribution in [0.2, 0.25) is 0 Å². The Balaban J connectivity index is 1.24. The lowest BCUT2D eigenvalue weighted by molar-refractivity contribution is 1.18. The van der Waals surface area contributed by atoms with Gasteiger partial charge < -0.3 is 4.57 Å². The summed E-state index contributed by atoms with van der Waals surface area (Å²) in [7, 11) is 0. The van der Waals surface area contributed by atoms with Crippen LogP contribution in [0.1, 0.15) is 0 Å². The molecule has 0 bridgehead atoms. The Labute approximate surface area is 306 Å². The number of rotatable bonds is 4. The minimum Gasteiger partial charge on any atom is -0.309 e. The predicted octanol–water partition coefficient (Wildman–Crippen LogP) is 13.2. The summed E-state index contributed by atoms with van der Waals surface area (Å²) in [6, 6.07) is 67.3. The second-order valence-corrected chi connectivity index (χ2v) is 13.7. The SMILES string of the molecule is c1ccc(-c2ccc3c(c2)c2c4c5ccccc5c5cc(-c6nc7ccccc7nc6-c6ccccc6)ccc5c4ccc2n3-c2ccccc2)cc1. The van der Waals surface area contributed by atoms with Crippen molar-refractivity contribution in [2.75, 3.05) is 0 Å². The fraction of sp³-hybridized carbons (Fsp3) is 0. The molecule has 53 heavy (non-hydrogen) atoms. The second-order valence-electron chi connectivity index (χ2n) is 13.7. The van der Waals surface area contributed by atoms with E-state index in [4.69, 9.17) is 9.97 Å². The van der Waals surface area contributed by atoms with Gasteiger partial charge in [0.05, 0.1) is 33.5 Å². The number of hydrogen-bond acceptors (Lipinski definition) is 2. The first-order valence-corrected chi connectivity index (χ1v) is 18.1. The summed E-state index contributed by atoms with van der Waals surface area (Å²) in [4.78, 5) is 10.4. The summed E-state index contributed by atoms with van der Waals surface area (Å²) in [5, 5.41) is 9.92. The Morgan fingerprint density at radius 1 is 0.302 bits per heavy atom. The lowest BCUT2D eigenvalue weighted by Gasteiger charge is -2.15. The van der Waals surface area contributed by atoms with Crippen LogP contribution in [-0.4, -0.2) is 14.5 Å². The molecule has 2 aromatic heterocycles. The second kappa shape index (κ2) is 11.7. The maximum atomic E-state index is 5.25. The highest BCUT2D eigenvalue weighted by atomic mass is 15.0. The maximum absolute atomic E-state index is 5.25. The molecule has 0 saturated carbocycles. The number of aromatic nitrogens is 3. The summed E-state index contributed by atoms with van der Waals surface area (Å²) < 4.78 is 2.42. The van der Waals surface area contributed by atoms with Gasteiger partial charge in [-0.25, -0.2) is 9.97 Å². The third-order valence-electron chi connectivity index (χ3n) is 10.7. The molecule has 2 heterocycles. The van der Waals surface area contributed by atoms with Gasteiger partial charge in [-0.1, -0.05) is 140 Å². The molecule has 0 unspecified atom stereocenters. The third kappa shape index (κ3) is 4.61. The Bertz CT molecular complexity index is 3180. The van der Waals surface area contributed by atoms with E-state index in [9.17, 15) is 0 Å². The Hall–Kier alpha value is -7.10. The van der Waals surface area contributed by atoms with E-state index in [0.29, 0.717) is 0 Å². The molecule has 0 aliphatic rings. The zero-order valence-corrected chi connectivity index (χ0v) is 28.7. The fourth-order valence-electron chi connectivity index (χ4n) is 8.37. The van der Waals surface area contributed by atoms with Gasteiger partial charge in [-0.2, -0.15) is 0 Å². The first-order valence-electron chi connectivity index (χ1n) is 18.1. The van der Waals surface area contributed by atoms with Gasteiger partial charge >= 0.3 is 0 Å². The molecule has 0 spiro atoms. The van der Waals surface area contributed by atoms with Crippen molar-refractivity contribution in [3.05, 3.63) is 188 Å². The zero-order valence-electron chi connectivity index (χ0n) is 28.7. The molecule has 9 aromatic carbocycles. The summed E-state index contributed by atoms with van der Waals surface area (Å²) >= 11 is 0. The molecule has 0 aliphatic heterocycles. The van der Waals surface area contributed by atoms with E-state index in [1.54, 1.807) is 0 Å². The van der Waals surface area contributed by atoms with Gasteiger partial charge in [0.1, 0.15) is 0 Å². The van der Waals surface area contributed by atoms with Crippen LogP contribution in [0, 0.1) is 0 Å². The van der Waals surface area contributed by atoms with Crippen molar-refractivity contribution in [1.29, 1.82) is 0 Å². The summed E-state index contributed by atoms with van der Waals surface area (Å²) in [5.41, 5.74) is 11.6. The first-order chi connectivity index (χ1) is 26.3. The number of para-hydroxylation sites is 3. The summed E-state index contributed by atoms with van der Waals surface area (Å²) in [6.07, 6.45) is 0. The van der Waals surface area contributed by atoms with E-state index in [2.05, 4.69) is 162 Å². The van der Waals surface area contributed by atoms with Crippen LogP contribution in [0.5, 0.6) is 0 Å². The molecule has 0 saturated heterocycles. The quantitative estimate of drug-likeness (QED) is 0.174. The van der Waals surface area contributed by atoms with Gasteiger partial charge in [0.15, 0.2) is 0 Å². The number of fused-ring (bicyclic) bond motifs is 11. The molecule has 0 atom stereocenters. The van der Waals surface area contributed by atoms with Crippen LogP contribution >= 0.6 is 0 Å². The lowest BCUT2D eigenvalue weighted by atomic mass is 9.90. The normalized spacial score (nSPS) is 11.8. The van der Waals surface area contributed by atoms with Crippen LogP contribution in [0.15, 0.2) is 188 Å². The topological polar surface area (TPSA) is 30.7 Å². The molecule has 0 amide bonds. The van der Waals surface area contributed by atoms with Gasteiger partial charge in [0.2, 0.25) is 0 Å². The summed E-state index contributed by atoms with van der Waals surface area (Å²) in [6.45, 7) is 0. The van der Waals surface area contributed by atoms with E-state index in [1.807, 2.05) is 30.3 Å². The largest absolute Gasteiger partial charge is 0.309 e. The molecule has 11 aromatic rings. The van der Waals surface area contributed by atoms with Gasteiger partial charge in [-0.3, -0.25) is 0 Å². The van der Waals surface area contributed by atoms with Gasteiger partial charge in [-0.15, -0.1) is 0 Å². The molecule has 11 rings (SSSR count). The van der Waals surface area contributed by atoms with Gasteiger partial charge in [-0.05, 0) is 86.6 Å². The molecule has 246 valence electrons. The van der Waals surface area contributed by atoms with Gasteiger partial charge in [0.25, 0.3) is 0 Å². The van der Waals surface area contributed by atoms with E-state index in [-0.39, 0.29) is 0 Å². The standard InChI is InChI=1S/C50H31N3/c1-4-14-32(15-5-1)34-25-28-45-42(30-34)48-46(53(45)36-18-8-3-9-19-36)29-27-40-38-26-24-35(31-41(38)37-20-10-11-21-39(37)47(40)48)50-49(33-16-6-2-7-17-33)51-43-22-12-13-23-44(43)52-50/h1-31H. The van der Waals surface area contributed by atoms with Crippen molar-refractivity contribution in [2.24, 2.45) is 0 Å². The van der Waals surface area contributed by atoms with Crippen LogP contribution in [0.4, 0.5) is 0 Å². The number of benzene rings is 9. The zero-order chi connectivity index (χ0) is 34.9. The number of hydrogen-bond donors (Lipinski definition) is 0. The molecular formula is C50H31N3. The fourth-order valence-corrected chi connectivity index (χ4v) is 8.37. The minimum absolute atomic E-state index is 0.885. The lowest BCUT2D eigenvalue weighted by Crippen LogP contribution is -1.96. The van der Waals surface area contributed by atoms with E-state index >= 15 is 0 Å². The third-order valence-corrected chi connectivity index (χ3v) is 10.7. The monoisotopic (exact) mass is 673 g/mol. The van der Waals surface area contributed by atoms with E-state index < -0.39 is 0 Å². The summed E-state index contributed by atoms with van der Waals surface area (Å²) in [5.74, 6) is 0. The van der Waals surface area contributed by atoms with Crippen molar-refractivity contribution in [3.8, 4) is 39.3 Å². The van der Waals surface area contributed by atoms with E-state index in [0.717, 1.165) is 39.2 Å². The molecule has 3 nitrogen and oxygen atoms in total. The van der Waals surface area contributed by atoms with Crippen LogP contribution in [0.3, 0.4) is 0 Å². The average molecular weight is 674 g/mol. The van der Waals surface area contributed by atoms with Crippen LogP contribution in [-0.2, 0) is 0 Å². The van der Waals surface area contributed by atoms with Crippen LogP contribution < -0.4 is 0 Å². The first kappa shape index (κ1) is 29.6. The molecule has 0 N–H and O–H groups in total. The van der Waals surface area contributed by atoms with Gasteiger partial charge in [0, 0.05) is 33.0 Å². The predicted molar refractivity (Wildman–Crippen MR) is 223 cm³/mol. The maximum Gasteiger partial charge on any atom is 0.0973 e. The molecule has 3 heteroatoms. The van der Waals surface area contributed by atoms with Crippen molar-refractivity contribution in [2.45, 2.75) is 0 Å². The van der Waals surface area contributed by atoms with Crippen molar-refractivity contribution >= 4 is 65.2 Å². The molecule has 0 aliphatic carbocycles. The smallest absolute Gasteiger partial charge is 0.0973 e. The molecule has 0 fully saturated rings. The van der Waals surface area contributed by atoms with E-state index in [1.165, 1.54) is 65.3 Å². The Kier molecular flexibility index (Phi) is 6.55.